The molecule has 0 aliphatic carbocycles. The first-order valence-electron chi connectivity index (χ1n) is 6.95. The number of carbonyl (C=O) groups excluding carboxylic acids is 1. The lowest BCUT2D eigenvalue weighted by atomic mass is 10.1. The van der Waals surface area contributed by atoms with Crippen LogP contribution >= 0.6 is 28.3 Å². The SMILES string of the molecule is CC(Oc1cccc(Br)c1)C(=O)N1CCNC(C)C1C.Cl. The summed E-state index contributed by atoms with van der Waals surface area (Å²) >= 11 is 3.40. The van der Waals surface area contributed by atoms with Crippen LogP contribution in [0, 0.1) is 0 Å². The molecule has 3 unspecified atom stereocenters. The first-order valence-corrected chi connectivity index (χ1v) is 7.74. The lowest BCUT2D eigenvalue weighted by Gasteiger charge is -2.39. The molecular formula is C15H22BrClN2O2. The Morgan fingerprint density at radius 3 is 2.86 bits per heavy atom. The Morgan fingerprint density at radius 1 is 1.48 bits per heavy atom. The standard InChI is InChI=1S/C15H21BrN2O2.ClH/c1-10-11(2)18(8-7-17-10)15(19)12(3)20-14-6-4-5-13(16)9-14;/h4-6,9-12,17H,7-8H2,1-3H3;1H. The van der Waals surface area contributed by atoms with Crippen molar-refractivity contribution in [1.82, 2.24) is 10.2 Å². The van der Waals surface area contributed by atoms with Gasteiger partial charge in [0.2, 0.25) is 0 Å². The highest BCUT2D eigenvalue weighted by molar-refractivity contribution is 9.10. The molecule has 0 bridgehead atoms. The van der Waals surface area contributed by atoms with E-state index in [1.807, 2.05) is 36.1 Å². The van der Waals surface area contributed by atoms with E-state index < -0.39 is 6.10 Å². The Labute approximate surface area is 140 Å². The Kier molecular flexibility index (Phi) is 6.97. The topological polar surface area (TPSA) is 41.6 Å². The smallest absolute Gasteiger partial charge is 0.263 e. The maximum absolute atomic E-state index is 12.5. The molecule has 1 aliphatic rings. The van der Waals surface area contributed by atoms with Gasteiger partial charge in [0, 0.05) is 29.6 Å². The first kappa shape index (κ1) is 18.3. The average molecular weight is 378 g/mol. The Balaban J connectivity index is 0.00000220. The van der Waals surface area contributed by atoms with Crippen LogP contribution in [0.15, 0.2) is 28.7 Å². The second kappa shape index (κ2) is 8.01. The highest BCUT2D eigenvalue weighted by Crippen LogP contribution is 2.20. The number of hydrogen-bond acceptors (Lipinski definition) is 3. The molecule has 1 N–H and O–H groups in total. The molecule has 1 fully saturated rings. The molecule has 1 aromatic rings. The second-order valence-corrected chi connectivity index (χ2v) is 6.15. The van der Waals surface area contributed by atoms with Crippen LogP contribution in [0.25, 0.3) is 0 Å². The predicted molar refractivity (Wildman–Crippen MR) is 90.1 cm³/mol. The van der Waals surface area contributed by atoms with Gasteiger partial charge < -0.3 is 15.0 Å². The maximum Gasteiger partial charge on any atom is 0.263 e. The largest absolute Gasteiger partial charge is 0.481 e. The molecule has 2 rings (SSSR count). The third kappa shape index (κ3) is 4.59. The van der Waals surface area contributed by atoms with E-state index in [0.29, 0.717) is 11.8 Å². The molecule has 1 aromatic carbocycles. The normalized spacial score (nSPS) is 23.1. The van der Waals surface area contributed by atoms with E-state index in [0.717, 1.165) is 17.6 Å². The van der Waals surface area contributed by atoms with E-state index in [1.165, 1.54) is 0 Å². The van der Waals surface area contributed by atoms with Crippen molar-refractivity contribution < 1.29 is 9.53 Å². The van der Waals surface area contributed by atoms with Crippen molar-refractivity contribution >= 4 is 34.2 Å². The number of amides is 1. The molecule has 6 heteroatoms. The molecule has 3 atom stereocenters. The van der Waals surface area contributed by atoms with Gasteiger partial charge in [-0.25, -0.2) is 0 Å². The zero-order valence-corrected chi connectivity index (χ0v) is 14.9. The Morgan fingerprint density at radius 2 is 2.19 bits per heavy atom. The average Bonchev–Trinajstić information content (AvgIpc) is 2.41. The maximum atomic E-state index is 12.5. The third-order valence-corrected chi connectivity index (χ3v) is 4.27. The fourth-order valence-electron chi connectivity index (χ4n) is 2.40. The fourth-order valence-corrected chi connectivity index (χ4v) is 2.77. The fraction of sp³-hybridized carbons (Fsp3) is 0.533. The van der Waals surface area contributed by atoms with Gasteiger partial charge in [-0.05, 0) is 39.0 Å². The van der Waals surface area contributed by atoms with E-state index in [9.17, 15) is 4.79 Å². The van der Waals surface area contributed by atoms with Crippen molar-refractivity contribution in [2.75, 3.05) is 13.1 Å². The number of nitrogens with one attached hydrogen (secondary N) is 1. The summed E-state index contributed by atoms with van der Waals surface area (Å²) in [4.78, 5) is 14.4. The Bertz CT molecular complexity index is 486. The molecule has 1 heterocycles. The molecule has 1 amide bonds. The van der Waals surface area contributed by atoms with E-state index in [-0.39, 0.29) is 24.4 Å². The van der Waals surface area contributed by atoms with Gasteiger partial charge in [0.15, 0.2) is 6.10 Å². The van der Waals surface area contributed by atoms with Gasteiger partial charge in [0.05, 0.1) is 0 Å². The summed E-state index contributed by atoms with van der Waals surface area (Å²) in [6, 6.07) is 8.05. The van der Waals surface area contributed by atoms with Gasteiger partial charge in [0.25, 0.3) is 5.91 Å². The number of carbonyl (C=O) groups is 1. The van der Waals surface area contributed by atoms with Crippen LogP contribution in [-0.2, 0) is 4.79 Å². The number of nitrogens with zero attached hydrogens (tertiary/aromatic N) is 1. The van der Waals surface area contributed by atoms with Crippen LogP contribution in [0.4, 0.5) is 0 Å². The van der Waals surface area contributed by atoms with Gasteiger partial charge in [0.1, 0.15) is 5.75 Å². The summed E-state index contributed by atoms with van der Waals surface area (Å²) in [7, 11) is 0. The predicted octanol–water partition coefficient (Wildman–Crippen LogP) is 2.85. The minimum absolute atomic E-state index is 0. The molecule has 0 aromatic heterocycles. The molecule has 4 nitrogen and oxygen atoms in total. The first-order chi connectivity index (χ1) is 9.49. The second-order valence-electron chi connectivity index (χ2n) is 5.23. The molecule has 118 valence electrons. The molecule has 21 heavy (non-hydrogen) atoms. The van der Waals surface area contributed by atoms with Crippen molar-refractivity contribution in [3.05, 3.63) is 28.7 Å². The van der Waals surface area contributed by atoms with E-state index in [2.05, 4.69) is 35.1 Å². The van der Waals surface area contributed by atoms with E-state index in [1.54, 1.807) is 0 Å². The van der Waals surface area contributed by atoms with Crippen LogP contribution in [0.2, 0.25) is 0 Å². The van der Waals surface area contributed by atoms with E-state index in [4.69, 9.17) is 4.74 Å². The number of piperazine rings is 1. The quantitative estimate of drug-likeness (QED) is 0.880. The van der Waals surface area contributed by atoms with Crippen molar-refractivity contribution in [3.63, 3.8) is 0 Å². The number of hydrogen-bond donors (Lipinski definition) is 1. The lowest BCUT2D eigenvalue weighted by Crippen LogP contribution is -2.59. The molecule has 0 spiro atoms. The Hall–Kier alpha value is -0.780. The van der Waals surface area contributed by atoms with E-state index >= 15 is 0 Å². The minimum Gasteiger partial charge on any atom is -0.481 e. The van der Waals surface area contributed by atoms with Crippen LogP contribution in [0.5, 0.6) is 5.75 Å². The molecule has 0 saturated carbocycles. The van der Waals surface area contributed by atoms with Crippen molar-refractivity contribution in [3.8, 4) is 5.75 Å². The highest BCUT2D eigenvalue weighted by Gasteiger charge is 2.31. The van der Waals surface area contributed by atoms with Crippen LogP contribution in [-0.4, -0.2) is 42.1 Å². The number of rotatable bonds is 3. The third-order valence-electron chi connectivity index (χ3n) is 3.77. The summed E-state index contributed by atoms with van der Waals surface area (Å²) in [6.45, 7) is 7.55. The van der Waals surface area contributed by atoms with Gasteiger partial charge in [-0.2, -0.15) is 0 Å². The number of halogens is 2. The molecule has 1 saturated heterocycles. The highest BCUT2D eigenvalue weighted by atomic mass is 79.9. The van der Waals surface area contributed by atoms with Gasteiger partial charge in [-0.15, -0.1) is 12.4 Å². The van der Waals surface area contributed by atoms with Gasteiger partial charge in [-0.3, -0.25) is 4.79 Å². The summed E-state index contributed by atoms with van der Waals surface area (Å²) in [6.07, 6.45) is -0.475. The van der Waals surface area contributed by atoms with Crippen LogP contribution in [0.1, 0.15) is 20.8 Å². The number of ether oxygens (including phenoxy) is 1. The molecular weight excluding hydrogens is 356 g/mol. The monoisotopic (exact) mass is 376 g/mol. The minimum atomic E-state index is -0.475. The van der Waals surface area contributed by atoms with Crippen molar-refractivity contribution in [1.29, 1.82) is 0 Å². The summed E-state index contributed by atoms with van der Waals surface area (Å²) < 4.78 is 6.70. The van der Waals surface area contributed by atoms with Crippen LogP contribution < -0.4 is 10.1 Å². The van der Waals surface area contributed by atoms with Crippen molar-refractivity contribution in [2.24, 2.45) is 0 Å². The number of benzene rings is 1. The molecule has 0 radical (unpaired) electrons. The van der Waals surface area contributed by atoms with Crippen molar-refractivity contribution in [2.45, 2.75) is 39.0 Å². The zero-order chi connectivity index (χ0) is 14.7. The summed E-state index contributed by atoms with van der Waals surface area (Å²) in [5.74, 6) is 0.752. The zero-order valence-electron chi connectivity index (χ0n) is 12.5. The lowest BCUT2D eigenvalue weighted by molar-refractivity contribution is -0.141. The van der Waals surface area contributed by atoms with Crippen LogP contribution in [0.3, 0.4) is 0 Å². The van der Waals surface area contributed by atoms with Gasteiger partial charge >= 0.3 is 0 Å². The summed E-state index contributed by atoms with van der Waals surface area (Å²) in [5.41, 5.74) is 0. The summed E-state index contributed by atoms with van der Waals surface area (Å²) in [5, 5.41) is 3.37. The van der Waals surface area contributed by atoms with Gasteiger partial charge in [-0.1, -0.05) is 22.0 Å². The molecule has 1 aliphatic heterocycles.